The first-order valence-corrected chi connectivity index (χ1v) is 8.92. The van der Waals surface area contributed by atoms with Gasteiger partial charge in [0.25, 0.3) is 0 Å². The molecule has 1 aliphatic heterocycles. The van der Waals surface area contributed by atoms with Gasteiger partial charge in [-0.2, -0.15) is 0 Å². The van der Waals surface area contributed by atoms with Gasteiger partial charge in [0, 0.05) is 17.7 Å². The molecule has 0 aromatic heterocycles. The molecule has 13 nitrogen and oxygen atoms in total. The molecule has 1 heterocycles. The summed E-state index contributed by atoms with van der Waals surface area (Å²) in [6.45, 7) is 0. The Labute approximate surface area is 186 Å². The summed E-state index contributed by atoms with van der Waals surface area (Å²) in [5, 5.41) is 31.9. The zero-order valence-corrected chi connectivity index (χ0v) is 17.0. The van der Waals surface area contributed by atoms with E-state index in [4.69, 9.17) is 25.8 Å². The van der Waals surface area contributed by atoms with Crippen LogP contribution in [-0.4, -0.2) is 56.3 Å². The molecule has 0 unspecified atom stereocenters. The number of carbonyl (C=O) groups is 3. The van der Waals surface area contributed by atoms with Crippen molar-refractivity contribution in [3.63, 3.8) is 0 Å². The molecule has 0 amide bonds. The second-order valence-corrected chi connectivity index (χ2v) is 6.71. The average Bonchev–Trinajstić information content (AvgIpc) is 3.13. The molecule has 0 aliphatic carbocycles. The summed E-state index contributed by atoms with van der Waals surface area (Å²) in [6, 6.07) is 12.3. The maximum atomic E-state index is 12.4. The minimum Gasteiger partial charge on any atom is -0.481 e. The molecule has 33 heavy (non-hydrogen) atoms. The Morgan fingerprint density at radius 1 is 1.15 bits per heavy atom. The number of ether oxygens (including phenoxy) is 1. The van der Waals surface area contributed by atoms with Crippen LogP contribution < -0.4 is 15.8 Å². The summed E-state index contributed by atoms with van der Waals surface area (Å²) in [5.74, 6) is -3.45. The van der Waals surface area contributed by atoms with E-state index in [-0.39, 0.29) is 40.4 Å². The smallest absolute Gasteiger partial charge is 0.351 e. The molecule has 0 spiro atoms. The molecule has 1 atom stereocenters. The molecule has 3 rings (SSSR count). The molecule has 0 saturated carbocycles. The monoisotopic (exact) mass is 462 g/mol. The number of nitrogens with one attached hydrogen (secondary N) is 2. The first-order valence-electron chi connectivity index (χ1n) is 8.92. The summed E-state index contributed by atoms with van der Waals surface area (Å²) in [7, 11) is 0. The van der Waals surface area contributed by atoms with Gasteiger partial charge in [-0.15, -0.1) is 0 Å². The van der Waals surface area contributed by atoms with Crippen molar-refractivity contribution in [3.05, 3.63) is 59.7 Å². The van der Waals surface area contributed by atoms with Gasteiger partial charge in [-0.05, 0) is 36.4 Å². The van der Waals surface area contributed by atoms with Crippen LogP contribution >= 0.6 is 0 Å². The fourth-order valence-electron chi connectivity index (χ4n) is 2.91. The number of nitrogens with two attached hydrogens (primary N) is 1. The van der Waals surface area contributed by atoms with E-state index in [9.17, 15) is 19.5 Å². The third-order valence-electron chi connectivity index (χ3n) is 4.39. The van der Waals surface area contributed by atoms with Crippen molar-refractivity contribution in [1.82, 2.24) is 0 Å². The van der Waals surface area contributed by atoms with Gasteiger partial charge in [0.1, 0.15) is 5.75 Å². The molecule has 0 radical (unpaired) electrons. The van der Waals surface area contributed by atoms with Crippen LogP contribution in [0.4, 0.5) is 5.69 Å². The summed E-state index contributed by atoms with van der Waals surface area (Å²) in [4.78, 5) is 39.9. The molecule has 176 valence electrons. The topological polar surface area (TPSA) is 247 Å². The third-order valence-corrected chi connectivity index (χ3v) is 4.39. The van der Waals surface area contributed by atoms with Crippen molar-refractivity contribution in [2.75, 3.05) is 5.32 Å². The minimum atomic E-state index is -1.98. The van der Waals surface area contributed by atoms with Gasteiger partial charge < -0.3 is 41.8 Å². The SMILES string of the molecule is N=C(N)Nc1ccc(C(=O)Oc2cccc(C3=NO[C@](CC(=O)O)(C(=O)O)C3)c2)cc1.O.O. The molecule has 1 aliphatic rings. The van der Waals surface area contributed by atoms with Crippen LogP contribution in [0.25, 0.3) is 0 Å². The number of aliphatic carboxylic acids is 2. The predicted octanol–water partition coefficient (Wildman–Crippen LogP) is -0.0157. The fourth-order valence-corrected chi connectivity index (χ4v) is 2.91. The molecule has 2 aromatic carbocycles. The zero-order valence-electron chi connectivity index (χ0n) is 17.0. The van der Waals surface area contributed by atoms with Crippen LogP contribution in [-0.2, 0) is 14.4 Å². The number of hydrogen-bond acceptors (Lipinski definition) is 7. The first-order chi connectivity index (χ1) is 14.7. The molecular formula is C20H22N4O9. The number of hydrogen-bond donors (Lipinski definition) is 5. The number of guanidine groups is 1. The number of rotatable bonds is 7. The summed E-state index contributed by atoms with van der Waals surface area (Å²) in [6.07, 6.45) is -1.00. The van der Waals surface area contributed by atoms with E-state index in [1.54, 1.807) is 24.3 Å². The minimum absolute atomic E-state index is 0. The van der Waals surface area contributed by atoms with Crippen molar-refractivity contribution < 1.29 is 45.1 Å². The van der Waals surface area contributed by atoms with Gasteiger partial charge in [-0.3, -0.25) is 10.2 Å². The quantitative estimate of drug-likeness (QED) is 0.160. The summed E-state index contributed by atoms with van der Waals surface area (Å²) < 4.78 is 5.35. The van der Waals surface area contributed by atoms with E-state index in [0.717, 1.165) is 0 Å². The Morgan fingerprint density at radius 2 is 1.82 bits per heavy atom. The molecule has 0 bridgehead atoms. The largest absolute Gasteiger partial charge is 0.481 e. The van der Waals surface area contributed by atoms with E-state index < -0.39 is 29.9 Å². The van der Waals surface area contributed by atoms with Gasteiger partial charge in [-0.25, -0.2) is 9.59 Å². The third kappa shape index (κ3) is 6.25. The number of oxime groups is 1. The predicted molar refractivity (Wildman–Crippen MR) is 115 cm³/mol. The van der Waals surface area contributed by atoms with Crippen molar-refractivity contribution >= 4 is 35.3 Å². The first kappa shape index (κ1) is 26.5. The maximum Gasteiger partial charge on any atom is 0.351 e. The summed E-state index contributed by atoms with van der Waals surface area (Å²) >= 11 is 0. The van der Waals surface area contributed by atoms with E-state index in [1.165, 1.54) is 24.3 Å². The second kappa shape index (κ2) is 10.7. The highest BCUT2D eigenvalue weighted by Gasteiger charge is 2.49. The molecule has 0 fully saturated rings. The number of carbonyl (C=O) groups excluding carboxylic acids is 1. The van der Waals surface area contributed by atoms with Gasteiger partial charge in [-0.1, -0.05) is 17.3 Å². The number of benzene rings is 2. The zero-order chi connectivity index (χ0) is 22.6. The van der Waals surface area contributed by atoms with Gasteiger partial charge in [0.2, 0.25) is 5.60 Å². The molecule has 0 saturated heterocycles. The number of carboxylic acids is 2. The summed E-state index contributed by atoms with van der Waals surface area (Å²) in [5.41, 5.74) is 4.71. The van der Waals surface area contributed by atoms with Crippen molar-refractivity contribution in [1.29, 1.82) is 5.41 Å². The van der Waals surface area contributed by atoms with E-state index in [0.29, 0.717) is 11.3 Å². The maximum absolute atomic E-state index is 12.4. The molecule has 13 heteroatoms. The number of esters is 1. The fraction of sp³-hybridized carbons (Fsp3) is 0.150. The number of nitrogens with zero attached hydrogens (tertiary/aromatic N) is 1. The van der Waals surface area contributed by atoms with E-state index >= 15 is 0 Å². The number of carboxylic acid groups (broad SMARTS) is 2. The van der Waals surface area contributed by atoms with E-state index in [2.05, 4.69) is 10.5 Å². The molecular weight excluding hydrogens is 440 g/mol. The lowest BCUT2D eigenvalue weighted by atomic mass is 9.91. The van der Waals surface area contributed by atoms with E-state index in [1.807, 2.05) is 0 Å². The highest BCUT2D eigenvalue weighted by atomic mass is 16.7. The van der Waals surface area contributed by atoms with Crippen LogP contribution in [0, 0.1) is 5.41 Å². The van der Waals surface area contributed by atoms with Crippen LogP contribution in [0.5, 0.6) is 5.75 Å². The Hall–Kier alpha value is -4.49. The van der Waals surface area contributed by atoms with Crippen molar-refractivity contribution in [3.8, 4) is 5.75 Å². The lowest BCUT2D eigenvalue weighted by Crippen LogP contribution is -2.41. The Balaban J connectivity index is 0.00000272. The lowest BCUT2D eigenvalue weighted by molar-refractivity contribution is -0.169. The van der Waals surface area contributed by atoms with Gasteiger partial charge >= 0.3 is 17.9 Å². The average molecular weight is 462 g/mol. The van der Waals surface area contributed by atoms with Crippen molar-refractivity contribution in [2.45, 2.75) is 18.4 Å². The van der Waals surface area contributed by atoms with Crippen LogP contribution in [0.1, 0.15) is 28.8 Å². The van der Waals surface area contributed by atoms with Gasteiger partial charge in [0.15, 0.2) is 5.96 Å². The van der Waals surface area contributed by atoms with Crippen LogP contribution in [0.3, 0.4) is 0 Å². The number of anilines is 1. The normalized spacial score (nSPS) is 16.2. The Morgan fingerprint density at radius 3 is 2.39 bits per heavy atom. The lowest BCUT2D eigenvalue weighted by Gasteiger charge is -2.18. The Kier molecular flexibility index (Phi) is 8.61. The van der Waals surface area contributed by atoms with Crippen LogP contribution in [0.2, 0.25) is 0 Å². The van der Waals surface area contributed by atoms with Crippen LogP contribution in [0.15, 0.2) is 53.7 Å². The second-order valence-electron chi connectivity index (χ2n) is 6.71. The molecule has 10 N–H and O–H groups in total. The highest BCUT2D eigenvalue weighted by molar-refractivity contribution is 6.05. The highest BCUT2D eigenvalue weighted by Crippen LogP contribution is 2.31. The standard InChI is InChI=1S/C20H18N4O7.2H2O/c21-19(22)23-13-6-4-11(5-7-13)17(27)30-14-3-1-2-12(8-14)15-9-20(18(28)29,31-24-15)10-16(25)26;;/h1-8H,9-10H2,(H,25,26)(H,28,29)(H4,21,22,23);2*1H2/t20-;;/m1../s1. The van der Waals surface area contributed by atoms with Crippen molar-refractivity contribution in [2.24, 2.45) is 10.9 Å². The Bertz CT molecular complexity index is 1090. The molecule has 2 aromatic rings. The van der Waals surface area contributed by atoms with Gasteiger partial charge in [0.05, 0.1) is 17.7 Å².